The van der Waals surface area contributed by atoms with E-state index < -0.39 is 48.9 Å². The molecule has 1 aliphatic carbocycles. The first-order valence-corrected chi connectivity index (χ1v) is 14.4. The third-order valence-corrected chi connectivity index (χ3v) is 10.2. The second-order valence-corrected chi connectivity index (χ2v) is 12.5. The van der Waals surface area contributed by atoms with Crippen molar-refractivity contribution in [3.63, 3.8) is 0 Å². The van der Waals surface area contributed by atoms with Crippen LogP contribution in [0.5, 0.6) is 5.75 Å². The summed E-state index contributed by atoms with van der Waals surface area (Å²) in [4.78, 5) is 14.2. The lowest BCUT2D eigenvalue weighted by molar-refractivity contribution is 0.0815. The molecule has 1 amide bonds. The highest BCUT2D eigenvalue weighted by Gasteiger charge is 2.49. The lowest BCUT2D eigenvalue weighted by Gasteiger charge is -2.35. The Bertz CT molecular complexity index is 1130. The van der Waals surface area contributed by atoms with E-state index in [4.69, 9.17) is 26.2 Å². The molecule has 2 unspecified atom stereocenters. The zero-order valence-corrected chi connectivity index (χ0v) is 22.7. The molecule has 0 saturated carbocycles. The van der Waals surface area contributed by atoms with Gasteiger partial charge in [0.2, 0.25) is 0 Å². The average molecular weight is 562 g/mol. The van der Waals surface area contributed by atoms with Crippen LogP contribution in [0.4, 0.5) is 13.6 Å². The van der Waals surface area contributed by atoms with Gasteiger partial charge in [-0.3, -0.25) is 0 Å². The summed E-state index contributed by atoms with van der Waals surface area (Å²) < 4.78 is 66.8. The molecule has 2 atom stereocenters. The average Bonchev–Trinajstić information content (AvgIpc) is 2.87. The van der Waals surface area contributed by atoms with Gasteiger partial charge in [0, 0.05) is 31.1 Å². The molecule has 3 rings (SSSR count). The van der Waals surface area contributed by atoms with Gasteiger partial charge in [-0.25, -0.2) is 22.0 Å². The molecule has 1 heterocycles. The first-order chi connectivity index (χ1) is 17.5. The van der Waals surface area contributed by atoms with E-state index >= 15 is 4.39 Å². The maximum atomic E-state index is 15.3. The van der Waals surface area contributed by atoms with Crippen molar-refractivity contribution in [1.29, 1.82) is 0 Å². The Kier molecular flexibility index (Phi) is 9.99. The number of allylic oxidation sites excluding steroid dienone is 3. The number of hydrogen-bond donors (Lipinski definition) is 1. The molecular formula is C26H34ClF2NO6S. The Morgan fingerprint density at radius 1 is 1.24 bits per heavy atom. The molecule has 0 spiro atoms. The number of amides is 1. The minimum atomic E-state index is -4.22. The van der Waals surface area contributed by atoms with Crippen LogP contribution in [0.15, 0.2) is 35.4 Å². The Morgan fingerprint density at radius 3 is 2.51 bits per heavy atom. The molecule has 1 fully saturated rings. The summed E-state index contributed by atoms with van der Waals surface area (Å²) >= 11 is 5.97. The van der Waals surface area contributed by atoms with Gasteiger partial charge in [-0.2, -0.15) is 0 Å². The van der Waals surface area contributed by atoms with Crippen molar-refractivity contribution in [3.8, 4) is 5.75 Å². The number of aliphatic hydroxyl groups is 1. The number of aliphatic hydroxyl groups excluding tert-OH is 1. The first-order valence-electron chi connectivity index (χ1n) is 12.5. The second-order valence-electron chi connectivity index (χ2n) is 9.47. The molecule has 2 aliphatic rings. The van der Waals surface area contributed by atoms with E-state index in [1.54, 1.807) is 13.0 Å². The number of sulfone groups is 1. The van der Waals surface area contributed by atoms with Crippen LogP contribution in [-0.4, -0.2) is 62.7 Å². The van der Waals surface area contributed by atoms with Crippen LogP contribution in [0.3, 0.4) is 0 Å². The molecule has 1 aromatic carbocycles. The van der Waals surface area contributed by atoms with E-state index in [1.807, 2.05) is 0 Å². The molecule has 1 saturated heterocycles. The largest absolute Gasteiger partial charge is 0.490 e. The maximum Gasteiger partial charge on any atom is 0.409 e. The molecule has 0 bridgehead atoms. The van der Waals surface area contributed by atoms with Gasteiger partial charge >= 0.3 is 6.09 Å². The molecule has 11 heteroatoms. The summed E-state index contributed by atoms with van der Waals surface area (Å²) in [6.07, 6.45) is 5.73. The number of ether oxygens (including phenoxy) is 2. The van der Waals surface area contributed by atoms with Crippen molar-refractivity contribution >= 4 is 27.5 Å². The number of nitrogens with zero attached hydrogens (tertiary/aromatic N) is 1. The highest BCUT2D eigenvalue weighted by molar-refractivity contribution is 7.93. The van der Waals surface area contributed by atoms with Crippen molar-refractivity contribution in [1.82, 2.24) is 4.90 Å². The third kappa shape index (κ3) is 6.46. The summed E-state index contributed by atoms with van der Waals surface area (Å²) in [5.41, 5.74) is -0.427. The van der Waals surface area contributed by atoms with Gasteiger partial charge in [0.1, 0.15) is 10.6 Å². The van der Waals surface area contributed by atoms with Gasteiger partial charge in [0.25, 0.3) is 0 Å². The van der Waals surface area contributed by atoms with E-state index in [0.29, 0.717) is 30.5 Å². The van der Waals surface area contributed by atoms with Crippen LogP contribution >= 0.6 is 11.6 Å². The second kappa shape index (κ2) is 12.6. The highest BCUT2D eigenvalue weighted by Crippen LogP contribution is 2.45. The van der Waals surface area contributed by atoms with Gasteiger partial charge in [0.05, 0.1) is 24.0 Å². The van der Waals surface area contributed by atoms with Crippen LogP contribution in [0, 0.1) is 17.6 Å². The van der Waals surface area contributed by atoms with Crippen molar-refractivity contribution < 1.29 is 36.6 Å². The van der Waals surface area contributed by atoms with Gasteiger partial charge in [-0.05, 0) is 63.7 Å². The van der Waals surface area contributed by atoms with Gasteiger partial charge in [-0.1, -0.05) is 23.8 Å². The van der Waals surface area contributed by atoms with Crippen LogP contribution in [0.25, 0.3) is 0 Å². The number of benzene rings is 1. The third-order valence-electron chi connectivity index (χ3n) is 7.13. The zero-order chi connectivity index (χ0) is 27.2. The van der Waals surface area contributed by atoms with Crippen LogP contribution < -0.4 is 4.74 Å². The fourth-order valence-corrected chi connectivity index (χ4v) is 7.18. The highest BCUT2D eigenvalue weighted by atomic mass is 35.5. The first kappa shape index (κ1) is 29.4. The van der Waals surface area contributed by atoms with Crippen LogP contribution in [0.2, 0.25) is 0 Å². The number of carbonyl (C=O) groups is 1. The number of carbonyl (C=O) groups excluding carboxylic acids is 1. The number of hydrogen-bond acceptors (Lipinski definition) is 6. The molecule has 206 valence electrons. The number of rotatable bonds is 10. The number of likely N-dealkylation sites (tertiary alicyclic amines) is 1. The molecule has 1 aromatic rings. The summed E-state index contributed by atoms with van der Waals surface area (Å²) in [5, 5.41) is 8.46. The molecule has 1 N–H and O–H groups in total. The fraction of sp³-hybridized carbons (Fsp3) is 0.577. The van der Waals surface area contributed by atoms with Gasteiger partial charge < -0.3 is 19.5 Å². The van der Waals surface area contributed by atoms with Crippen molar-refractivity contribution in [2.75, 3.05) is 32.9 Å². The van der Waals surface area contributed by atoms with Crippen molar-refractivity contribution in [2.45, 2.75) is 55.9 Å². The molecule has 7 nitrogen and oxygen atoms in total. The minimum absolute atomic E-state index is 0.00754. The summed E-state index contributed by atoms with van der Waals surface area (Å²) in [7, 11) is -4.22. The summed E-state index contributed by atoms with van der Waals surface area (Å²) in [6.45, 7) is 3.58. The summed E-state index contributed by atoms with van der Waals surface area (Å²) in [6, 6.07) is 1.76. The zero-order valence-electron chi connectivity index (χ0n) is 21.1. The maximum absolute atomic E-state index is 15.3. The lowest BCUT2D eigenvalue weighted by atomic mass is 9.94. The van der Waals surface area contributed by atoms with Crippen molar-refractivity contribution in [3.05, 3.63) is 52.6 Å². The topological polar surface area (TPSA) is 93.1 Å². The van der Waals surface area contributed by atoms with Crippen LogP contribution in [-0.2, 0) is 19.3 Å². The van der Waals surface area contributed by atoms with E-state index in [2.05, 4.69) is 0 Å². The Labute approximate surface area is 222 Å². The molecule has 37 heavy (non-hydrogen) atoms. The quantitative estimate of drug-likeness (QED) is 0.429. The van der Waals surface area contributed by atoms with Gasteiger partial charge in [0.15, 0.2) is 21.4 Å². The Morgan fingerprint density at radius 2 is 1.92 bits per heavy atom. The minimum Gasteiger partial charge on any atom is -0.490 e. The van der Waals surface area contributed by atoms with Crippen molar-refractivity contribution in [2.24, 2.45) is 5.92 Å². The van der Waals surface area contributed by atoms with E-state index in [9.17, 15) is 17.6 Å². The monoisotopic (exact) mass is 561 g/mol. The van der Waals surface area contributed by atoms with Crippen LogP contribution in [0.1, 0.15) is 51.5 Å². The Hall–Kier alpha value is -2.17. The summed E-state index contributed by atoms with van der Waals surface area (Å²) in [5.74, 6) is -1.95. The predicted octanol–water partition coefficient (Wildman–Crippen LogP) is 5.07. The molecular weight excluding hydrogens is 528 g/mol. The molecule has 1 aliphatic heterocycles. The van der Waals surface area contributed by atoms with E-state index in [1.165, 1.54) is 24.0 Å². The predicted molar refractivity (Wildman–Crippen MR) is 137 cm³/mol. The SMILES string of the molecule is CCOc1c(F)ccc(F)c1C(C)(CCOC(=O)N1CCC(CCO)CC1)S(=O)(=O)C1C=CC(Cl)=CC1. The number of halogens is 3. The smallest absolute Gasteiger partial charge is 0.409 e. The van der Waals surface area contributed by atoms with Gasteiger partial charge in [-0.15, -0.1) is 0 Å². The van der Waals surface area contributed by atoms with E-state index in [-0.39, 0.29) is 32.7 Å². The molecule has 0 aromatic heterocycles. The normalized spacial score (nSPS) is 20.3. The lowest BCUT2D eigenvalue weighted by Crippen LogP contribution is -2.43. The van der Waals surface area contributed by atoms with E-state index in [0.717, 1.165) is 25.0 Å². The molecule has 0 radical (unpaired) electrons. The Balaban J connectivity index is 1.88. The fourth-order valence-electron chi connectivity index (χ4n) is 4.87. The standard InChI is InChI=1S/C26H34ClF2NO6S/c1-3-35-24-22(29)9-8-21(28)23(24)26(2,37(33,34)20-6-4-19(27)5-7-20)13-17-36-25(32)30-14-10-18(11-15-30)12-16-31/h4-6,8-9,18,20,31H,3,7,10-17H2,1-2H3. The number of piperidine rings is 1.